The number of anilines is 1. The highest BCUT2D eigenvalue weighted by Gasteiger charge is 2.32. The molecule has 1 fully saturated rings. The van der Waals surface area contributed by atoms with Crippen LogP contribution in [0, 0.1) is 5.82 Å². The van der Waals surface area contributed by atoms with Gasteiger partial charge in [0.2, 0.25) is 21.8 Å². The number of benzene rings is 3. The van der Waals surface area contributed by atoms with Gasteiger partial charge in [0.25, 0.3) is 0 Å². The van der Waals surface area contributed by atoms with Gasteiger partial charge in [0.15, 0.2) is 5.78 Å². The topological polar surface area (TPSA) is 93.4 Å². The number of hydrogen-bond donors (Lipinski definition) is 0. The average Bonchev–Trinajstić information content (AvgIpc) is 3.47. The summed E-state index contributed by atoms with van der Waals surface area (Å²) >= 11 is 0. The molecule has 1 saturated carbocycles. The quantitative estimate of drug-likeness (QED) is 0.198. The second-order valence-corrected chi connectivity index (χ2v) is 12.9. The van der Waals surface area contributed by atoms with Crippen molar-refractivity contribution in [3.05, 3.63) is 101 Å². The molecule has 0 bridgehead atoms. The zero-order valence-corrected chi connectivity index (χ0v) is 24.3. The smallest absolute Gasteiger partial charge is 0.247 e. The van der Waals surface area contributed by atoms with Crippen LogP contribution in [0.3, 0.4) is 0 Å². The van der Waals surface area contributed by atoms with Gasteiger partial charge in [0, 0.05) is 30.5 Å². The minimum atomic E-state index is -3.60. The van der Waals surface area contributed by atoms with Gasteiger partial charge in [-0.1, -0.05) is 62.2 Å². The molecule has 2 unspecified atom stereocenters. The molecule has 1 aliphatic carbocycles. The Kier molecular flexibility index (Phi) is 8.35. The Morgan fingerprint density at radius 3 is 2.37 bits per heavy atom. The normalized spacial score (nSPS) is 18.1. The van der Waals surface area contributed by atoms with Gasteiger partial charge >= 0.3 is 0 Å². The van der Waals surface area contributed by atoms with E-state index in [0.717, 1.165) is 41.8 Å². The molecule has 0 saturated heterocycles. The summed E-state index contributed by atoms with van der Waals surface area (Å²) < 4.78 is 45.5. The predicted octanol–water partition coefficient (Wildman–Crippen LogP) is 7.09. The van der Waals surface area contributed by atoms with Gasteiger partial charge in [-0.25, -0.2) is 12.8 Å². The van der Waals surface area contributed by atoms with Crippen molar-refractivity contribution in [3.8, 4) is 11.5 Å². The number of aromatic nitrogens is 2. The second-order valence-electron chi connectivity index (χ2n) is 10.9. The standard InChI is InChI=1S/C32H34FN3O4S/c1-21(22-13-15-26(33)16-14-22)17-30(37)24-18-25(20-27(19-24)36(2)41(3,38)39)31-34-35-32(40-31)29-12-8-7-11-28(29)23-9-5-4-6-10-23/h4-6,9-10,13-16,18-21,28-29H,7-8,11-12,17H2,1-3H3/t21-,28?,29?/m0/s1. The molecule has 7 nitrogen and oxygen atoms in total. The number of nitrogens with zero attached hydrogens (tertiary/aromatic N) is 3. The lowest BCUT2D eigenvalue weighted by molar-refractivity contribution is 0.0975. The van der Waals surface area contributed by atoms with Crippen molar-refractivity contribution in [2.75, 3.05) is 17.6 Å². The lowest BCUT2D eigenvalue weighted by atomic mass is 9.75. The molecule has 1 aliphatic rings. The van der Waals surface area contributed by atoms with E-state index in [-0.39, 0.29) is 41.7 Å². The van der Waals surface area contributed by atoms with Gasteiger partial charge in [-0.15, -0.1) is 10.2 Å². The van der Waals surface area contributed by atoms with Crippen molar-refractivity contribution >= 4 is 21.5 Å². The van der Waals surface area contributed by atoms with Crippen LogP contribution in [0.15, 0.2) is 77.2 Å². The van der Waals surface area contributed by atoms with Crippen LogP contribution in [0.4, 0.5) is 10.1 Å². The molecular formula is C32H34FN3O4S. The van der Waals surface area contributed by atoms with Gasteiger partial charge in [0.05, 0.1) is 11.9 Å². The van der Waals surface area contributed by atoms with Crippen molar-refractivity contribution < 1.29 is 22.0 Å². The number of sulfonamides is 1. The monoisotopic (exact) mass is 575 g/mol. The predicted molar refractivity (Wildman–Crippen MR) is 157 cm³/mol. The molecule has 4 aromatic rings. The highest BCUT2D eigenvalue weighted by atomic mass is 32.2. The maximum absolute atomic E-state index is 13.4. The highest BCUT2D eigenvalue weighted by Crippen LogP contribution is 2.44. The van der Waals surface area contributed by atoms with Crippen molar-refractivity contribution in [1.82, 2.24) is 10.2 Å². The van der Waals surface area contributed by atoms with Crippen LogP contribution in [-0.4, -0.2) is 37.7 Å². The summed E-state index contributed by atoms with van der Waals surface area (Å²) in [6, 6.07) is 21.3. The van der Waals surface area contributed by atoms with Crippen LogP contribution in [-0.2, 0) is 10.0 Å². The molecule has 3 atom stereocenters. The summed E-state index contributed by atoms with van der Waals surface area (Å²) in [5.41, 5.74) is 3.22. The van der Waals surface area contributed by atoms with Gasteiger partial charge in [-0.05, 0) is 66.1 Å². The van der Waals surface area contributed by atoms with E-state index < -0.39 is 10.0 Å². The first kappa shape index (κ1) is 28.7. The Labute approximate surface area is 240 Å². The molecule has 3 aromatic carbocycles. The zero-order valence-electron chi connectivity index (χ0n) is 23.5. The second kappa shape index (κ2) is 11.9. The molecule has 41 heavy (non-hydrogen) atoms. The molecular weight excluding hydrogens is 541 g/mol. The Hall–Kier alpha value is -3.85. The summed E-state index contributed by atoms with van der Waals surface area (Å²) in [4.78, 5) is 13.4. The minimum Gasteiger partial charge on any atom is -0.420 e. The Bertz CT molecular complexity index is 1620. The third-order valence-corrected chi connectivity index (χ3v) is 9.24. The first-order chi connectivity index (χ1) is 19.6. The SMILES string of the molecule is C[C@@H](CC(=O)c1cc(-c2nnc(C3CCCCC3c3ccccc3)o2)cc(N(C)S(C)(=O)=O)c1)c1ccc(F)cc1. The molecule has 0 radical (unpaired) electrons. The van der Waals surface area contributed by atoms with Crippen LogP contribution in [0.5, 0.6) is 0 Å². The zero-order chi connectivity index (χ0) is 29.1. The van der Waals surface area contributed by atoms with Crippen molar-refractivity contribution in [2.45, 2.75) is 56.8 Å². The maximum atomic E-state index is 13.4. The summed E-state index contributed by atoms with van der Waals surface area (Å²) in [7, 11) is -2.16. The fourth-order valence-electron chi connectivity index (χ4n) is 5.60. The molecule has 0 aliphatic heterocycles. The van der Waals surface area contributed by atoms with Gasteiger partial charge in [0.1, 0.15) is 5.82 Å². The van der Waals surface area contributed by atoms with Crippen molar-refractivity contribution in [1.29, 1.82) is 0 Å². The Balaban J connectivity index is 1.47. The lowest BCUT2D eigenvalue weighted by Crippen LogP contribution is -2.25. The van der Waals surface area contributed by atoms with Gasteiger partial charge < -0.3 is 4.42 Å². The van der Waals surface area contributed by atoms with Crippen molar-refractivity contribution in [2.24, 2.45) is 0 Å². The van der Waals surface area contributed by atoms with Crippen LogP contribution >= 0.6 is 0 Å². The summed E-state index contributed by atoms with van der Waals surface area (Å²) in [6.07, 6.45) is 5.45. The van der Waals surface area contributed by atoms with Crippen LogP contribution in [0.1, 0.15) is 84.2 Å². The minimum absolute atomic E-state index is 0.0759. The van der Waals surface area contributed by atoms with Crippen LogP contribution in [0.2, 0.25) is 0 Å². The number of Topliss-reactive ketones (excluding diaryl/α,β-unsaturated/α-hetero) is 1. The van der Waals surface area contributed by atoms with Crippen LogP contribution < -0.4 is 4.31 Å². The van der Waals surface area contributed by atoms with E-state index in [4.69, 9.17) is 4.42 Å². The fourth-order valence-corrected chi connectivity index (χ4v) is 6.09. The molecule has 1 aromatic heterocycles. The fraction of sp³-hybridized carbons (Fsp3) is 0.344. The average molecular weight is 576 g/mol. The number of halogens is 1. The largest absolute Gasteiger partial charge is 0.420 e. The molecule has 0 amide bonds. The van der Waals surface area contributed by atoms with E-state index in [1.54, 1.807) is 30.3 Å². The molecule has 1 heterocycles. The number of carbonyl (C=O) groups excluding carboxylic acids is 1. The number of ketones is 1. The molecule has 214 valence electrons. The van der Waals surface area contributed by atoms with Crippen LogP contribution in [0.25, 0.3) is 11.5 Å². The summed E-state index contributed by atoms with van der Waals surface area (Å²) in [6.45, 7) is 1.90. The van der Waals surface area contributed by atoms with E-state index >= 15 is 0 Å². The third-order valence-electron chi connectivity index (χ3n) is 8.03. The van der Waals surface area contributed by atoms with E-state index in [2.05, 4.69) is 22.3 Å². The molecule has 0 N–H and O–H groups in total. The Morgan fingerprint density at radius 2 is 1.68 bits per heavy atom. The number of hydrogen-bond acceptors (Lipinski definition) is 6. The van der Waals surface area contributed by atoms with E-state index in [0.29, 0.717) is 22.7 Å². The first-order valence-electron chi connectivity index (χ1n) is 13.9. The molecule has 9 heteroatoms. The van der Waals surface area contributed by atoms with Gasteiger partial charge in [-0.3, -0.25) is 9.10 Å². The van der Waals surface area contributed by atoms with E-state index in [1.165, 1.54) is 24.7 Å². The summed E-state index contributed by atoms with van der Waals surface area (Å²) in [5.74, 6) is 0.450. The van der Waals surface area contributed by atoms with Crippen molar-refractivity contribution in [3.63, 3.8) is 0 Å². The highest BCUT2D eigenvalue weighted by molar-refractivity contribution is 7.92. The number of rotatable bonds is 9. The third kappa shape index (κ3) is 6.56. The number of carbonyl (C=O) groups is 1. The first-order valence-corrected chi connectivity index (χ1v) is 15.7. The van der Waals surface area contributed by atoms with E-state index in [1.807, 2.05) is 25.1 Å². The van der Waals surface area contributed by atoms with E-state index in [9.17, 15) is 17.6 Å². The van der Waals surface area contributed by atoms with Gasteiger partial charge in [-0.2, -0.15) is 0 Å². The molecule has 0 spiro atoms. The lowest BCUT2D eigenvalue weighted by Gasteiger charge is -2.29. The summed E-state index contributed by atoms with van der Waals surface area (Å²) in [5, 5.41) is 8.76. The Morgan fingerprint density at radius 1 is 1.00 bits per heavy atom. The molecule has 5 rings (SSSR count). The maximum Gasteiger partial charge on any atom is 0.247 e.